The van der Waals surface area contributed by atoms with Crippen LogP contribution >= 0.6 is 11.8 Å². The Hall–Kier alpha value is -1.64. The van der Waals surface area contributed by atoms with Crippen molar-refractivity contribution in [3.05, 3.63) is 0 Å². The smallest absolute Gasteiger partial charge is 0.407 e. The first kappa shape index (κ1) is 24.6. The molecule has 0 aromatic carbocycles. The molecule has 8 nitrogen and oxygen atoms in total. The second-order valence-corrected chi connectivity index (χ2v) is 10.3. The first-order valence-corrected chi connectivity index (χ1v) is 12.2. The van der Waals surface area contributed by atoms with E-state index >= 15 is 0 Å². The number of rotatable bonds is 12. The number of hydrogen-bond donors (Lipinski definition) is 4. The number of amides is 4. The van der Waals surface area contributed by atoms with E-state index in [4.69, 9.17) is 4.74 Å². The zero-order chi connectivity index (χ0) is 22.0. The average molecular weight is 443 g/mol. The summed E-state index contributed by atoms with van der Waals surface area (Å²) in [5, 5.41) is 12.2. The highest BCUT2D eigenvalue weighted by molar-refractivity contribution is 8.00. The Morgan fingerprint density at radius 2 is 1.73 bits per heavy atom. The van der Waals surface area contributed by atoms with Gasteiger partial charge in [-0.05, 0) is 46.5 Å². The molecule has 2 saturated heterocycles. The number of thioether (sulfide) groups is 1. The number of fused-ring (bicyclic) bond motifs is 1. The van der Waals surface area contributed by atoms with Crippen molar-refractivity contribution in [2.45, 2.75) is 95.1 Å². The van der Waals surface area contributed by atoms with Crippen LogP contribution in [0.25, 0.3) is 0 Å². The van der Waals surface area contributed by atoms with Gasteiger partial charge in [0.1, 0.15) is 5.60 Å². The maximum Gasteiger partial charge on any atom is 0.407 e. The van der Waals surface area contributed by atoms with Gasteiger partial charge in [-0.3, -0.25) is 4.79 Å². The van der Waals surface area contributed by atoms with Gasteiger partial charge in [0.2, 0.25) is 5.91 Å². The van der Waals surface area contributed by atoms with Crippen molar-refractivity contribution in [3.8, 4) is 0 Å². The topological polar surface area (TPSA) is 109 Å². The van der Waals surface area contributed by atoms with Crippen molar-refractivity contribution >= 4 is 29.8 Å². The molecule has 2 fully saturated rings. The number of carbonyl (C=O) groups is 3. The molecule has 0 aliphatic carbocycles. The minimum Gasteiger partial charge on any atom is -0.444 e. The molecule has 0 saturated carbocycles. The van der Waals surface area contributed by atoms with Crippen molar-refractivity contribution in [3.63, 3.8) is 0 Å². The average Bonchev–Trinajstić information content (AvgIpc) is 3.19. The lowest BCUT2D eigenvalue weighted by molar-refractivity contribution is -0.121. The first-order chi connectivity index (χ1) is 14.2. The first-order valence-electron chi connectivity index (χ1n) is 11.2. The lowest BCUT2D eigenvalue weighted by Gasteiger charge is -2.19. The number of unbranched alkanes of at least 4 members (excludes halogenated alkanes) is 4. The molecule has 172 valence electrons. The van der Waals surface area contributed by atoms with Crippen LogP contribution < -0.4 is 21.3 Å². The number of nitrogens with one attached hydrogen (secondary N) is 4. The number of carbonyl (C=O) groups excluding carboxylic acids is 3. The third-order valence-electron chi connectivity index (χ3n) is 5.17. The summed E-state index contributed by atoms with van der Waals surface area (Å²) in [6.45, 7) is 6.86. The molecule has 30 heavy (non-hydrogen) atoms. The fourth-order valence-electron chi connectivity index (χ4n) is 3.70. The minimum absolute atomic E-state index is 0.0472. The third kappa shape index (κ3) is 9.45. The van der Waals surface area contributed by atoms with Crippen molar-refractivity contribution < 1.29 is 19.1 Å². The molecule has 3 atom stereocenters. The maximum absolute atomic E-state index is 11.9. The Kier molecular flexibility index (Phi) is 10.1. The Morgan fingerprint density at radius 1 is 1.03 bits per heavy atom. The fraction of sp³-hybridized carbons (Fsp3) is 0.857. The lowest BCUT2D eigenvalue weighted by atomic mass is 10.0. The van der Waals surface area contributed by atoms with E-state index in [-0.39, 0.29) is 30.1 Å². The van der Waals surface area contributed by atoms with E-state index < -0.39 is 5.60 Å². The number of urea groups is 1. The Balaban J connectivity index is 1.38. The fourth-order valence-corrected chi connectivity index (χ4v) is 5.24. The van der Waals surface area contributed by atoms with Gasteiger partial charge in [-0.1, -0.05) is 19.3 Å². The van der Waals surface area contributed by atoms with Gasteiger partial charge in [-0.15, -0.1) is 0 Å². The van der Waals surface area contributed by atoms with Crippen LogP contribution in [0.3, 0.4) is 0 Å². The number of hydrogen-bond acceptors (Lipinski definition) is 5. The quantitative estimate of drug-likeness (QED) is 0.274. The third-order valence-corrected chi connectivity index (χ3v) is 6.68. The second kappa shape index (κ2) is 12.3. The minimum atomic E-state index is -0.466. The van der Waals surface area contributed by atoms with Crippen molar-refractivity contribution in [2.24, 2.45) is 0 Å². The molecule has 4 N–H and O–H groups in total. The molecule has 0 aromatic rings. The molecule has 2 aliphatic rings. The van der Waals surface area contributed by atoms with Crippen molar-refractivity contribution in [1.82, 2.24) is 21.3 Å². The summed E-state index contributed by atoms with van der Waals surface area (Å²) in [7, 11) is 0. The predicted octanol–water partition coefficient (Wildman–Crippen LogP) is 2.91. The van der Waals surface area contributed by atoms with Gasteiger partial charge >= 0.3 is 12.1 Å². The van der Waals surface area contributed by atoms with Gasteiger partial charge in [0.05, 0.1) is 12.1 Å². The van der Waals surface area contributed by atoms with Crippen molar-refractivity contribution in [1.29, 1.82) is 0 Å². The van der Waals surface area contributed by atoms with Crippen LogP contribution in [0.5, 0.6) is 0 Å². The highest BCUT2D eigenvalue weighted by atomic mass is 32.2. The summed E-state index contributed by atoms with van der Waals surface area (Å²) >= 11 is 1.92. The molecule has 2 rings (SSSR count). The molecule has 2 heterocycles. The molecule has 9 heteroatoms. The molecule has 0 spiro atoms. The monoisotopic (exact) mass is 442 g/mol. The zero-order valence-corrected chi connectivity index (χ0v) is 19.4. The van der Waals surface area contributed by atoms with E-state index in [1.165, 1.54) is 0 Å². The molecule has 0 bridgehead atoms. The van der Waals surface area contributed by atoms with Crippen LogP contribution in [0.4, 0.5) is 9.59 Å². The highest BCUT2D eigenvalue weighted by Crippen LogP contribution is 2.33. The summed E-state index contributed by atoms with van der Waals surface area (Å²) in [6.07, 6.45) is 7.03. The van der Waals surface area contributed by atoms with Crippen molar-refractivity contribution in [2.75, 3.05) is 18.8 Å². The lowest BCUT2D eigenvalue weighted by Crippen LogP contribution is -2.36. The van der Waals surface area contributed by atoms with E-state index in [1.807, 2.05) is 32.5 Å². The predicted molar refractivity (Wildman–Crippen MR) is 120 cm³/mol. The van der Waals surface area contributed by atoms with Crippen LogP contribution in [0.15, 0.2) is 0 Å². The number of ether oxygens (including phenoxy) is 1. The second-order valence-electron chi connectivity index (χ2n) is 9.06. The molecular weight excluding hydrogens is 404 g/mol. The van der Waals surface area contributed by atoms with E-state index in [1.54, 1.807) is 0 Å². The summed E-state index contributed by atoms with van der Waals surface area (Å²) in [6, 6.07) is 0.466. The summed E-state index contributed by atoms with van der Waals surface area (Å²) < 4.78 is 5.18. The van der Waals surface area contributed by atoms with Crippen LogP contribution in [0.1, 0.15) is 72.1 Å². The SMILES string of the molecule is CC(C)(C)OC(=O)NCCCCCCNC(=O)CCCC[C@@H]1SC[C@@H]2NC(=O)N[C@H]21. The standard InChI is InChI=1S/C21H38N4O4S/c1-21(2,3)29-20(28)23-13-9-5-4-8-12-22-17(26)11-7-6-10-16-18-15(14-30-16)24-19(27)25-18/h15-16,18H,4-14H2,1-3H3,(H,22,26)(H,23,28)(H2,24,25,27)/t15-,16-,18+/m0/s1. The van der Waals surface area contributed by atoms with E-state index in [0.717, 1.165) is 50.7 Å². The molecule has 0 radical (unpaired) electrons. The van der Waals surface area contributed by atoms with Gasteiger partial charge in [-0.2, -0.15) is 11.8 Å². The van der Waals surface area contributed by atoms with Gasteiger partial charge in [0.15, 0.2) is 0 Å². The highest BCUT2D eigenvalue weighted by Gasteiger charge is 2.42. The summed E-state index contributed by atoms with van der Waals surface area (Å²) in [5.41, 5.74) is -0.466. The largest absolute Gasteiger partial charge is 0.444 e. The molecule has 0 aromatic heterocycles. The van der Waals surface area contributed by atoms with Crippen LogP contribution in [0.2, 0.25) is 0 Å². The molecule has 4 amide bonds. The van der Waals surface area contributed by atoms with Crippen LogP contribution in [0, 0.1) is 0 Å². The van der Waals surface area contributed by atoms with Crippen LogP contribution in [-0.4, -0.2) is 59.8 Å². The molecule has 0 unspecified atom stereocenters. The molecular formula is C21H38N4O4S. The number of alkyl carbamates (subject to hydrolysis) is 1. The normalized spacial score (nSPS) is 22.8. The van der Waals surface area contributed by atoms with E-state index in [2.05, 4.69) is 21.3 Å². The maximum atomic E-state index is 11.9. The van der Waals surface area contributed by atoms with Gasteiger partial charge < -0.3 is 26.0 Å². The van der Waals surface area contributed by atoms with Gasteiger partial charge in [0.25, 0.3) is 0 Å². The summed E-state index contributed by atoms with van der Waals surface area (Å²) in [5.74, 6) is 1.10. The van der Waals surface area contributed by atoms with Gasteiger partial charge in [-0.25, -0.2) is 9.59 Å². The van der Waals surface area contributed by atoms with Gasteiger partial charge in [0, 0.05) is 30.5 Å². The Morgan fingerprint density at radius 3 is 2.43 bits per heavy atom. The Bertz CT molecular complexity index is 582. The van der Waals surface area contributed by atoms with E-state index in [9.17, 15) is 14.4 Å². The Labute approximate surface area is 184 Å². The summed E-state index contributed by atoms with van der Waals surface area (Å²) in [4.78, 5) is 34.8. The zero-order valence-electron chi connectivity index (χ0n) is 18.6. The molecule has 2 aliphatic heterocycles. The van der Waals surface area contributed by atoms with Crippen LogP contribution in [-0.2, 0) is 9.53 Å². The van der Waals surface area contributed by atoms with E-state index in [0.29, 0.717) is 24.8 Å².